The molecule has 1 aromatic heterocycles. The van der Waals surface area contributed by atoms with Crippen LogP contribution in [0.4, 0.5) is 0 Å². The minimum absolute atomic E-state index is 0.123. The van der Waals surface area contributed by atoms with Gasteiger partial charge in [-0.25, -0.2) is 9.78 Å². The first-order valence-corrected chi connectivity index (χ1v) is 10.8. The van der Waals surface area contributed by atoms with E-state index in [-0.39, 0.29) is 11.3 Å². The summed E-state index contributed by atoms with van der Waals surface area (Å²) in [6.45, 7) is 7.58. The molecule has 0 spiro atoms. The largest absolute Gasteiger partial charge is 0.496 e. The summed E-state index contributed by atoms with van der Waals surface area (Å²) in [6.07, 6.45) is 0.291. The summed E-state index contributed by atoms with van der Waals surface area (Å²) in [5.74, 6) is -0.0168. The number of nitrogens with one attached hydrogen (secondary N) is 1. The summed E-state index contributed by atoms with van der Waals surface area (Å²) < 4.78 is 10.7. The second-order valence-electron chi connectivity index (χ2n) is 8.48. The number of aromatic nitrogens is 1. The van der Waals surface area contributed by atoms with Gasteiger partial charge in [0, 0.05) is 37.0 Å². The molecule has 162 valence electrons. The number of esters is 1. The minimum Gasteiger partial charge on any atom is -0.496 e. The minimum atomic E-state index is -1.16. The summed E-state index contributed by atoms with van der Waals surface area (Å²) in [6, 6.07) is 5.49. The number of ether oxygens (including phenoxy) is 2. The third-order valence-corrected chi connectivity index (χ3v) is 6.11. The van der Waals surface area contributed by atoms with E-state index < -0.39 is 11.5 Å². The smallest absolute Gasteiger partial charge is 0.333 e. The van der Waals surface area contributed by atoms with Gasteiger partial charge < -0.3 is 19.7 Å². The van der Waals surface area contributed by atoms with Gasteiger partial charge in [0.1, 0.15) is 5.75 Å². The quantitative estimate of drug-likeness (QED) is 0.733. The highest BCUT2D eigenvalue weighted by Gasteiger charge is 2.49. The normalized spacial score (nSPS) is 19.4. The highest BCUT2D eigenvalue weighted by Crippen LogP contribution is 2.33. The molecule has 1 N–H and O–H groups in total. The fourth-order valence-corrected chi connectivity index (χ4v) is 4.48. The maximum atomic E-state index is 13.6. The van der Waals surface area contributed by atoms with Gasteiger partial charge in [-0.2, -0.15) is 0 Å². The predicted octanol–water partition coefficient (Wildman–Crippen LogP) is 2.65. The van der Waals surface area contributed by atoms with Crippen LogP contribution in [0.1, 0.15) is 42.4 Å². The molecule has 7 nitrogen and oxygen atoms in total. The van der Waals surface area contributed by atoms with Gasteiger partial charge in [-0.05, 0) is 23.1 Å². The van der Waals surface area contributed by atoms with Gasteiger partial charge in [-0.3, -0.25) is 4.79 Å². The van der Waals surface area contributed by atoms with Crippen molar-refractivity contribution in [1.29, 1.82) is 0 Å². The van der Waals surface area contributed by atoms with E-state index in [2.05, 4.69) is 31.1 Å². The van der Waals surface area contributed by atoms with Gasteiger partial charge in [0.25, 0.3) is 5.91 Å². The zero-order valence-electron chi connectivity index (χ0n) is 18.2. The number of piperazine rings is 1. The molecule has 3 rings (SSSR count). The molecule has 1 amide bonds. The summed E-state index contributed by atoms with van der Waals surface area (Å²) >= 11 is 1.46. The molecule has 0 radical (unpaired) electrons. The summed E-state index contributed by atoms with van der Waals surface area (Å²) in [5.41, 5.74) is 2.69. The average molecular weight is 432 g/mol. The Morgan fingerprint density at radius 2 is 2.07 bits per heavy atom. The monoisotopic (exact) mass is 431 g/mol. The molecular formula is C22H29N3O4S. The molecule has 0 aliphatic carbocycles. The number of amides is 1. The number of rotatable bonds is 5. The third-order valence-electron chi connectivity index (χ3n) is 5.47. The van der Waals surface area contributed by atoms with E-state index in [1.807, 2.05) is 11.4 Å². The summed E-state index contributed by atoms with van der Waals surface area (Å²) in [7, 11) is 2.95. The van der Waals surface area contributed by atoms with Crippen molar-refractivity contribution in [2.75, 3.05) is 33.9 Å². The number of thiazole rings is 1. The van der Waals surface area contributed by atoms with Crippen LogP contribution < -0.4 is 10.1 Å². The van der Waals surface area contributed by atoms with Crippen LogP contribution in [0.2, 0.25) is 0 Å². The Kier molecular flexibility index (Phi) is 6.47. The van der Waals surface area contributed by atoms with Crippen LogP contribution in [0, 0.1) is 0 Å². The van der Waals surface area contributed by atoms with E-state index in [0.717, 1.165) is 11.3 Å². The van der Waals surface area contributed by atoms with Crippen molar-refractivity contribution in [2.24, 2.45) is 0 Å². The van der Waals surface area contributed by atoms with Crippen molar-refractivity contribution in [1.82, 2.24) is 15.2 Å². The number of hydrogen-bond acceptors (Lipinski definition) is 7. The fraction of sp³-hybridized carbons (Fsp3) is 0.500. The van der Waals surface area contributed by atoms with Gasteiger partial charge in [-0.15, -0.1) is 11.3 Å². The van der Waals surface area contributed by atoms with E-state index in [4.69, 9.17) is 9.47 Å². The van der Waals surface area contributed by atoms with Gasteiger partial charge in [0.15, 0.2) is 5.54 Å². The number of carbonyl (C=O) groups is 2. The zero-order chi connectivity index (χ0) is 21.9. The molecule has 1 saturated heterocycles. The Bertz CT molecular complexity index is 908. The van der Waals surface area contributed by atoms with Crippen molar-refractivity contribution in [2.45, 2.75) is 38.1 Å². The van der Waals surface area contributed by atoms with Crippen molar-refractivity contribution in [3.63, 3.8) is 0 Å². The van der Waals surface area contributed by atoms with Crippen LogP contribution in [0.5, 0.6) is 5.75 Å². The van der Waals surface area contributed by atoms with Crippen LogP contribution >= 0.6 is 11.3 Å². The predicted molar refractivity (Wildman–Crippen MR) is 116 cm³/mol. The maximum Gasteiger partial charge on any atom is 0.333 e. The lowest BCUT2D eigenvalue weighted by molar-refractivity contribution is -0.154. The zero-order valence-corrected chi connectivity index (χ0v) is 19.0. The number of methoxy groups -OCH3 is 2. The lowest BCUT2D eigenvalue weighted by atomic mass is 9.85. The van der Waals surface area contributed by atoms with Crippen LogP contribution in [0.15, 0.2) is 29.1 Å². The van der Waals surface area contributed by atoms with Gasteiger partial charge >= 0.3 is 5.97 Å². The Hall–Kier alpha value is -2.45. The highest BCUT2D eigenvalue weighted by molar-refractivity contribution is 7.07. The molecule has 8 heteroatoms. The first-order chi connectivity index (χ1) is 14.2. The van der Waals surface area contributed by atoms with Crippen LogP contribution in [-0.4, -0.2) is 61.2 Å². The molecule has 1 aromatic carbocycles. The molecule has 1 aliphatic heterocycles. The topological polar surface area (TPSA) is 80.8 Å². The Morgan fingerprint density at radius 3 is 2.67 bits per heavy atom. The number of carbonyl (C=O) groups excluding carboxylic acids is 2. The van der Waals surface area contributed by atoms with Gasteiger partial charge in [-0.1, -0.05) is 26.8 Å². The number of benzene rings is 1. The summed E-state index contributed by atoms with van der Waals surface area (Å²) in [4.78, 5) is 32.5. The molecule has 1 aliphatic rings. The first-order valence-electron chi connectivity index (χ1n) is 9.89. The van der Waals surface area contributed by atoms with Gasteiger partial charge in [0.2, 0.25) is 0 Å². The molecule has 0 saturated carbocycles. The Morgan fingerprint density at radius 1 is 1.30 bits per heavy atom. The molecular weight excluding hydrogens is 402 g/mol. The number of hydrogen-bond donors (Lipinski definition) is 1. The molecule has 30 heavy (non-hydrogen) atoms. The van der Waals surface area contributed by atoms with E-state index in [1.54, 1.807) is 29.7 Å². The van der Waals surface area contributed by atoms with Crippen LogP contribution in [0.3, 0.4) is 0 Å². The lowest BCUT2D eigenvalue weighted by Gasteiger charge is -2.45. The molecule has 1 fully saturated rings. The summed E-state index contributed by atoms with van der Waals surface area (Å²) in [5, 5.41) is 5.14. The second-order valence-corrected chi connectivity index (χ2v) is 9.20. The lowest BCUT2D eigenvalue weighted by Crippen LogP contribution is -2.68. The average Bonchev–Trinajstić information content (AvgIpc) is 3.24. The molecule has 0 bridgehead atoms. The van der Waals surface area contributed by atoms with Crippen LogP contribution in [0.25, 0.3) is 0 Å². The van der Waals surface area contributed by atoms with E-state index >= 15 is 0 Å². The molecule has 2 aromatic rings. The van der Waals surface area contributed by atoms with Crippen molar-refractivity contribution >= 4 is 23.2 Å². The molecule has 1 unspecified atom stereocenters. The fourth-order valence-electron chi connectivity index (χ4n) is 3.92. The molecule has 1 atom stereocenters. The standard InChI is InChI=1S/C22H29N3O4S/c1-21(2,3)17-7-6-15(10-18(17)28-4)19(26)25-9-8-23-13-22(25,20(27)29-5)11-16-12-30-14-24-16/h6-7,10,12,14,23H,8-9,11,13H2,1-5H3. The maximum absolute atomic E-state index is 13.6. The Balaban J connectivity index is 2.02. The van der Waals surface area contributed by atoms with E-state index in [0.29, 0.717) is 37.4 Å². The van der Waals surface area contributed by atoms with Crippen molar-refractivity contribution in [3.8, 4) is 5.75 Å². The van der Waals surface area contributed by atoms with E-state index in [1.165, 1.54) is 18.4 Å². The van der Waals surface area contributed by atoms with Crippen LogP contribution in [-0.2, 0) is 21.4 Å². The Labute approximate surface area is 181 Å². The molecule has 2 heterocycles. The third kappa shape index (κ3) is 4.20. The SMILES string of the molecule is COC(=O)C1(Cc2cscn2)CNCCN1C(=O)c1ccc(C(C)(C)C)c(OC)c1. The highest BCUT2D eigenvalue weighted by atomic mass is 32.1. The van der Waals surface area contributed by atoms with Crippen molar-refractivity contribution in [3.05, 3.63) is 45.9 Å². The van der Waals surface area contributed by atoms with Crippen molar-refractivity contribution < 1.29 is 19.1 Å². The number of nitrogens with zero attached hydrogens (tertiary/aromatic N) is 2. The second kappa shape index (κ2) is 8.73. The van der Waals surface area contributed by atoms with Gasteiger partial charge in [0.05, 0.1) is 25.4 Å². The first kappa shape index (κ1) is 22.2. The van der Waals surface area contributed by atoms with E-state index in [9.17, 15) is 9.59 Å².